The van der Waals surface area contributed by atoms with Crippen molar-refractivity contribution in [3.05, 3.63) is 132 Å². The van der Waals surface area contributed by atoms with Gasteiger partial charge in [-0.2, -0.15) is 0 Å². The quantitative estimate of drug-likeness (QED) is 0.0768. The smallest absolute Gasteiger partial charge is 0.308 e. The molecule has 0 saturated carbocycles. The lowest BCUT2D eigenvalue weighted by Crippen LogP contribution is -2.35. The monoisotopic (exact) mass is 770 g/mol. The third-order valence-electron chi connectivity index (χ3n) is 7.26. The van der Waals surface area contributed by atoms with Crippen LogP contribution in [-0.2, 0) is 20.0 Å². The van der Waals surface area contributed by atoms with Gasteiger partial charge in [-0.25, -0.2) is 45.5 Å². The van der Waals surface area contributed by atoms with Gasteiger partial charge in [0.05, 0.1) is 9.79 Å². The van der Waals surface area contributed by atoms with Gasteiger partial charge in [-0.1, -0.05) is 53.6 Å². The Kier molecular flexibility index (Phi) is 11.8. The molecule has 18 heteroatoms. The van der Waals surface area contributed by atoms with Crippen LogP contribution in [0.25, 0.3) is 0 Å². The van der Waals surface area contributed by atoms with Crippen LogP contribution in [0.1, 0.15) is 11.1 Å². The number of rotatable bonds is 10. The average Bonchev–Trinajstić information content (AvgIpc) is 3.10. The number of benzene rings is 5. The van der Waals surface area contributed by atoms with Crippen LogP contribution in [0.15, 0.2) is 131 Å². The maximum Gasteiger partial charge on any atom is 0.333 e. The van der Waals surface area contributed by atoms with E-state index in [1.807, 2.05) is 47.6 Å². The van der Waals surface area contributed by atoms with E-state index in [9.17, 15) is 36.0 Å². The Morgan fingerprint density at radius 3 is 1.04 bits per heavy atom. The molecule has 0 spiro atoms. The van der Waals surface area contributed by atoms with Crippen molar-refractivity contribution in [3.8, 4) is 0 Å². The molecule has 0 bridgehead atoms. The number of urea groups is 4. The maximum atomic E-state index is 13.0. The third-order valence-corrected chi connectivity index (χ3v) is 9.91. The highest BCUT2D eigenvalue weighted by Gasteiger charge is 2.21. The summed E-state index contributed by atoms with van der Waals surface area (Å²) in [6, 6.07) is 26.6. The molecule has 0 atom stereocenters. The maximum absolute atomic E-state index is 13.0. The Balaban J connectivity index is 1.14. The van der Waals surface area contributed by atoms with Gasteiger partial charge in [0.15, 0.2) is 0 Å². The molecule has 5 rings (SSSR count). The lowest BCUT2D eigenvalue weighted by atomic mass is 10.2. The van der Waals surface area contributed by atoms with Crippen LogP contribution >= 0.6 is 0 Å². The van der Waals surface area contributed by atoms with Gasteiger partial charge >= 0.3 is 24.1 Å². The number of carbonyl (C=O) groups excluding carboxylic acids is 4. The summed E-state index contributed by atoms with van der Waals surface area (Å²) >= 11 is 0. The van der Waals surface area contributed by atoms with Gasteiger partial charge in [0.25, 0.3) is 20.0 Å². The molecule has 0 aliphatic carbocycles. The fourth-order valence-corrected chi connectivity index (χ4v) is 6.60. The van der Waals surface area contributed by atoms with Crippen molar-refractivity contribution in [2.24, 2.45) is 0 Å². The van der Waals surface area contributed by atoms with E-state index in [2.05, 4.69) is 31.9 Å². The van der Waals surface area contributed by atoms with Crippen molar-refractivity contribution in [2.75, 3.05) is 31.9 Å². The lowest BCUT2D eigenvalue weighted by Gasteiger charge is -2.13. The molecule has 0 radical (unpaired) electrons. The number of carbonyl (C=O) groups is 4. The first-order valence-electron chi connectivity index (χ1n) is 15.9. The van der Waals surface area contributed by atoms with Gasteiger partial charge in [0, 0.05) is 34.1 Å². The molecule has 0 fully saturated rings. The molecule has 8 amide bonds. The van der Waals surface area contributed by atoms with Crippen LogP contribution < -0.4 is 41.3 Å². The van der Waals surface area contributed by atoms with Gasteiger partial charge in [-0.15, -0.1) is 0 Å². The van der Waals surface area contributed by atoms with E-state index in [1.165, 1.54) is 60.7 Å². The lowest BCUT2D eigenvalue weighted by molar-refractivity contribution is 0.255. The van der Waals surface area contributed by atoms with Gasteiger partial charge in [-0.3, -0.25) is 0 Å². The topological polar surface area (TPSA) is 233 Å². The van der Waals surface area contributed by atoms with E-state index in [0.29, 0.717) is 11.4 Å². The minimum atomic E-state index is -4.41. The first-order chi connectivity index (χ1) is 25.6. The zero-order chi connectivity index (χ0) is 38.9. The van der Waals surface area contributed by atoms with Crippen LogP contribution in [0.2, 0.25) is 0 Å². The van der Waals surface area contributed by atoms with Crippen molar-refractivity contribution in [3.63, 3.8) is 0 Å². The largest absolute Gasteiger partial charge is 0.333 e. The first kappa shape index (κ1) is 38.3. The Bertz CT molecular complexity index is 2260. The molecular weight excluding hydrogens is 737 g/mol. The highest BCUT2D eigenvalue weighted by atomic mass is 32.2. The summed E-state index contributed by atoms with van der Waals surface area (Å²) in [6.07, 6.45) is 0. The highest BCUT2D eigenvalue weighted by molar-refractivity contribution is 7.90. The SMILES string of the molecule is Cc1ccc(NC(=O)Nc2cccc(S(=O)(=O)NC(=O)Nc3cccc(NC(=O)NS(=O)(=O)c4cccc(NC(=O)Nc5ccc(C)cc5)c4)c3)c2)cc1. The fourth-order valence-electron chi connectivity index (χ4n) is 4.69. The van der Waals surface area contributed by atoms with Gasteiger partial charge in [0.2, 0.25) is 0 Å². The predicted molar refractivity (Wildman–Crippen MR) is 206 cm³/mol. The molecule has 0 aliphatic rings. The molecule has 5 aromatic rings. The van der Waals surface area contributed by atoms with E-state index < -0.39 is 44.2 Å². The number of anilines is 6. The highest BCUT2D eigenvalue weighted by Crippen LogP contribution is 2.20. The third kappa shape index (κ3) is 11.0. The standard InChI is InChI=1S/C36H34N8O8S2/c1-23-12-16-25(17-13-23)37-33(45)39-29-8-4-10-31(21-29)53(49,50)43-35(47)41-27-6-3-7-28(20-27)42-36(48)44-54(51,52)32-11-5-9-30(22-32)40-34(46)38-26-18-14-24(2)15-19-26/h3-22H,1-2H3,(H2,37,39,45)(H2,38,40,46)(H2,41,43,47)(H2,42,44,48). The Morgan fingerprint density at radius 2 is 0.667 bits per heavy atom. The van der Waals surface area contributed by atoms with Crippen LogP contribution in [0.4, 0.5) is 53.3 Å². The van der Waals surface area contributed by atoms with Crippen LogP contribution in [0, 0.1) is 13.8 Å². The fraction of sp³-hybridized carbons (Fsp3) is 0.0556. The second-order valence-corrected chi connectivity index (χ2v) is 15.0. The van der Waals surface area contributed by atoms with E-state index >= 15 is 0 Å². The molecule has 0 aromatic heterocycles. The number of hydrogen-bond acceptors (Lipinski definition) is 8. The number of nitrogens with one attached hydrogen (secondary N) is 8. The second kappa shape index (κ2) is 16.6. The van der Waals surface area contributed by atoms with E-state index in [4.69, 9.17) is 0 Å². The first-order valence-corrected chi connectivity index (χ1v) is 18.9. The summed E-state index contributed by atoms with van der Waals surface area (Å²) in [4.78, 5) is 49.5. The summed E-state index contributed by atoms with van der Waals surface area (Å²) < 4.78 is 55.6. The molecule has 0 unspecified atom stereocenters. The predicted octanol–water partition coefficient (Wildman–Crippen LogP) is 6.61. The number of aryl methyl sites for hydroxylation is 2. The van der Waals surface area contributed by atoms with E-state index in [1.54, 1.807) is 24.3 Å². The van der Waals surface area contributed by atoms with Crippen LogP contribution in [0.5, 0.6) is 0 Å². The Hall–Kier alpha value is -6.92. The summed E-state index contributed by atoms with van der Waals surface area (Å²) in [5.74, 6) is 0. The Labute approximate surface area is 310 Å². The van der Waals surface area contributed by atoms with Gasteiger partial charge in [0.1, 0.15) is 0 Å². The van der Waals surface area contributed by atoms with Crippen molar-refractivity contribution >= 4 is 78.3 Å². The van der Waals surface area contributed by atoms with E-state index in [0.717, 1.165) is 23.3 Å². The van der Waals surface area contributed by atoms with E-state index in [-0.39, 0.29) is 32.5 Å². The number of hydrogen-bond donors (Lipinski definition) is 8. The van der Waals surface area contributed by atoms with Crippen molar-refractivity contribution < 1.29 is 36.0 Å². The molecule has 278 valence electrons. The number of sulfonamides is 2. The minimum Gasteiger partial charge on any atom is -0.308 e. The van der Waals surface area contributed by atoms with Crippen molar-refractivity contribution in [1.29, 1.82) is 0 Å². The molecule has 0 heterocycles. The summed E-state index contributed by atoms with van der Waals surface area (Å²) in [5.41, 5.74) is 3.47. The summed E-state index contributed by atoms with van der Waals surface area (Å²) in [7, 11) is -8.82. The number of amides is 8. The molecular formula is C36H34N8O8S2. The molecule has 5 aromatic carbocycles. The van der Waals surface area contributed by atoms with Gasteiger partial charge < -0.3 is 31.9 Å². The normalized spacial score (nSPS) is 11.0. The minimum absolute atomic E-state index is 0.0502. The summed E-state index contributed by atoms with van der Waals surface area (Å²) in [5, 5.41) is 15.0. The average molecular weight is 771 g/mol. The van der Waals surface area contributed by atoms with Crippen molar-refractivity contribution in [1.82, 2.24) is 9.44 Å². The molecule has 0 saturated heterocycles. The molecule has 54 heavy (non-hydrogen) atoms. The van der Waals surface area contributed by atoms with Crippen LogP contribution in [0.3, 0.4) is 0 Å². The molecule has 8 N–H and O–H groups in total. The second-order valence-electron chi connectivity index (χ2n) is 11.6. The van der Waals surface area contributed by atoms with Crippen molar-refractivity contribution in [2.45, 2.75) is 23.6 Å². The molecule has 0 aliphatic heterocycles. The Morgan fingerprint density at radius 1 is 0.370 bits per heavy atom. The zero-order valence-electron chi connectivity index (χ0n) is 28.6. The van der Waals surface area contributed by atoms with Crippen LogP contribution in [-0.4, -0.2) is 41.0 Å². The summed E-state index contributed by atoms with van der Waals surface area (Å²) in [6.45, 7) is 3.80. The molecule has 16 nitrogen and oxygen atoms in total. The van der Waals surface area contributed by atoms with Gasteiger partial charge in [-0.05, 0) is 92.7 Å². The zero-order valence-corrected chi connectivity index (χ0v) is 30.3.